The minimum absolute atomic E-state index is 0.148. The molecule has 1 heterocycles. The van der Waals surface area contributed by atoms with Crippen LogP contribution in [0.25, 0.3) is 10.6 Å². The van der Waals surface area contributed by atoms with Gasteiger partial charge in [-0.3, -0.25) is 9.59 Å². The van der Waals surface area contributed by atoms with Crippen LogP contribution in [0, 0.1) is 0 Å². The average Bonchev–Trinajstić information content (AvgIpc) is 3.13. The van der Waals surface area contributed by atoms with E-state index in [9.17, 15) is 14.4 Å². The Labute approximate surface area is 149 Å². The lowest BCUT2D eigenvalue weighted by molar-refractivity contribution is -0.127. The highest BCUT2D eigenvalue weighted by molar-refractivity contribution is 7.13. The molecule has 8 heteroatoms. The Kier molecular flexibility index (Phi) is 7.09. The first-order valence-corrected chi connectivity index (χ1v) is 8.69. The summed E-state index contributed by atoms with van der Waals surface area (Å²) in [5.41, 5.74) is 1.06. The van der Waals surface area contributed by atoms with Crippen LogP contribution in [0.5, 0.6) is 0 Å². The van der Waals surface area contributed by atoms with Gasteiger partial charge in [-0.15, -0.1) is 11.3 Å². The molecule has 132 valence electrons. The topological polar surface area (TPSA) is 97.4 Å². The summed E-state index contributed by atoms with van der Waals surface area (Å²) in [6.07, 6.45) is 0.815. The number of hydrogen-bond acceptors (Lipinski definition) is 6. The van der Waals surface area contributed by atoms with Crippen molar-refractivity contribution < 1.29 is 19.1 Å². The SMILES string of the molecule is CCCNC(=O)CNC(=O)COC(=O)c1csc(-c2ccccc2)n1. The van der Waals surface area contributed by atoms with Crippen molar-refractivity contribution in [1.29, 1.82) is 0 Å². The van der Waals surface area contributed by atoms with Gasteiger partial charge in [0.25, 0.3) is 5.91 Å². The van der Waals surface area contributed by atoms with Gasteiger partial charge in [0.05, 0.1) is 6.54 Å². The Balaban J connectivity index is 1.78. The molecule has 0 aliphatic carbocycles. The van der Waals surface area contributed by atoms with E-state index in [0.29, 0.717) is 11.6 Å². The van der Waals surface area contributed by atoms with Gasteiger partial charge < -0.3 is 15.4 Å². The van der Waals surface area contributed by atoms with E-state index in [0.717, 1.165) is 12.0 Å². The number of hydrogen-bond donors (Lipinski definition) is 2. The van der Waals surface area contributed by atoms with Crippen molar-refractivity contribution >= 4 is 29.1 Å². The van der Waals surface area contributed by atoms with Gasteiger partial charge in [0.1, 0.15) is 5.01 Å². The minimum Gasteiger partial charge on any atom is -0.451 e. The van der Waals surface area contributed by atoms with Gasteiger partial charge in [-0.25, -0.2) is 9.78 Å². The Morgan fingerprint density at radius 3 is 2.60 bits per heavy atom. The summed E-state index contributed by atoms with van der Waals surface area (Å²) in [4.78, 5) is 39.1. The molecule has 0 aliphatic rings. The third kappa shape index (κ3) is 6.00. The van der Waals surface area contributed by atoms with E-state index >= 15 is 0 Å². The molecule has 0 radical (unpaired) electrons. The lowest BCUT2D eigenvalue weighted by Gasteiger charge is -2.06. The summed E-state index contributed by atoms with van der Waals surface area (Å²) in [5.74, 6) is -1.50. The summed E-state index contributed by atoms with van der Waals surface area (Å²) in [6, 6.07) is 9.45. The number of benzene rings is 1. The zero-order chi connectivity index (χ0) is 18.1. The Bertz CT molecular complexity index is 731. The molecule has 2 amide bonds. The summed E-state index contributed by atoms with van der Waals surface area (Å²) in [5, 5.41) is 7.29. The van der Waals surface area contributed by atoms with Crippen molar-refractivity contribution in [2.24, 2.45) is 0 Å². The number of rotatable bonds is 8. The third-order valence-electron chi connectivity index (χ3n) is 3.09. The fourth-order valence-corrected chi connectivity index (χ4v) is 2.64. The van der Waals surface area contributed by atoms with Crippen molar-refractivity contribution in [1.82, 2.24) is 15.6 Å². The van der Waals surface area contributed by atoms with Crippen LogP contribution in [0.3, 0.4) is 0 Å². The molecule has 0 fully saturated rings. The monoisotopic (exact) mass is 361 g/mol. The van der Waals surface area contributed by atoms with Crippen LogP contribution in [-0.4, -0.2) is 42.5 Å². The Hall–Kier alpha value is -2.74. The first kappa shape index (κ1) is 18.6. The number of nitrogens with one attached hydrogen (secondary N) is 2. The highest BCUT2D eigenvalue weighted by atomic mass is 32.1. The second-order valence-electron chi connectivity index (χ2n) is 5.11. The number of nitrogens with zero attached hydrogens (tertiary/aromatic N) is 1. The second-order valence-corrected chi connectivity index (χ2v) is 5.96. The van der Waals surface area contributed by atoms with Crippen LogP contribution in [0.4, 0.5) is 0 Å². The molecular weight excluding hydrogens is 342 g/mol. The van der Waals surface area contributed by atoms with Crippen LogP contribution >= 0.6 is 11.3 Å². The van der Waals surface area contributed by atoms with Crippen LogP contribution in [0.2, 0.25) is 0 Å². The highest BCUT2D eigenvalue weighted by Gasteiger charge is 2.15. The van der Waals surface area contributed by atoms with Crippen LogP contribution in [-0.2, 0) is 14.3 Å². The molecule has 0 saturated carbocycles. The molecule has 2 aromatic rings. The summed E-state index contributed by atoms with van der Waals surface area (Å²) < 4.78 is 4.91. The maximum absolute atomic E-state index is 11.9. The largest absolute Gasteiger partial charge is 0.451 e. The molecule has 7 nitrogen and oxygen atoms in total. The van der Waals surface area contributed by atoms with Gasteiger partial charge in [-0.1, -0.05) is 37.3 Å². The van der Waals surface area contributed by atoms with Crippen LogP contribution in [0.15, 0.2) is 35.7 Å². The van der Waals surface area contributed by atoms with Crippen molar-refractivity contribution in [3.05, 3.63) is 41.4 Å². The van der Waals surface area contributed by atoms with Crippen molar-refractivity contribution in [3.63, 3.8) is 0 Å². The number of esters is 1. The Morgan fingerprint density at radius 1 is 1.12 bits per heavy atom. The molecule has 1 aromatic heterocycles. The smallest absolute Gasteiger partial charge is 0.358 e. The lowest BCUT2D eigenvalue weighted by Crippen LogP contribution is -2.38. The summed E-state index contributed by atoms with van der Waals surface area (Å²) in [6.45, 7) is 1.88. The number of carbonyl (C=O) groups excluding carboxylic acids is 3. The molecule has 1 aromatic carbocycles. The molecular formula is C17H19N3O4S. The quantitative estimate of drug-likeness (QED) is 0.696. The average molecular weight is 361 g/mol. The number of amides is 2. The summed E-state index contributed by atoms with van der Waals surface area (Å²) in [7, 11) is 0. The zero-order valence-electron chi connectivity index (χ0n) is 13.8. The maximum Gasteiger partial charge on any atom is 0.358 e. The van der Waals surface area contributed by atoms with Gasteiger partial charge in [0.15, 0.2) is 12.3 Å². The highest BCUT2D eigenvalue weighted by Crippen LogP contribution is 2.23. The van der Waals surface area contributed by atoms with Crippen molar-refractivity contribution in [3.8, 4) is 10.6 Å². The first-order valence-electron chi connectivity index (χ1n) is 7.81. The normalized spacial score (nSPS) is 10.1. The second kappa shape index (κ2) is 9.53. The van der Waals surface area contributed by atoms with E-state index in [-0.39, 0.29) is 18.1 Å². The van der Waals surface area contributed by atoms with E-state index in [1.807, 2.05) is 37.3 Å². The number of ether oxygens (including phenoxy) is 1. The van der Waals surface area contributed by atoms with E-state index < -0.39 is 18.5 Å². The van der Waals surface area contributed by atoms with Gasteiger partial charge in [-0.05, 0) is 6.42 Å². The van der Waals surface area contributed by atoms with Gasteiger partial charge in [0.2, 0.25) is 5.91 Å². The van der Waals surface area contributed by atoms with E-state index in [2.05, 4.69) is 15.6 Å². The van der Waals surface area contributed by atoms with Crippen LogP contribution in [0.1, 0.15) is 23.8 Å². The number of thiazole rings is 1. The summed E-state index contributed by atoms with van der Waals surface area (Å²) >= 11 is 1.32. The molecule has 0 unspecified atom stereocenters. The van der Waals surface area contributed by atoms with E-state index in [4.69, 9.17) is 4.74 Å². The molecule has 0 spiro atoms. The fraction of sp³-hybridized carbons (Fsp3) is 0.294. The van der Waals surface area contributed by atoms with Crippen LogP contribution < -0.4 is 10.6 Å². The van der Waals surface area contributed by atoms with E-state index in [1.54, 1.807) is 5.38 Å². The molecule has 0 aliphatic heterocycles. The molecule has 0 bridgehead atoms. The molecule has 0 saturated heterocycles. The predicted octanol–water partition coefficient (Wildman–Crippen LogP) is 1.61. The van der Waals surface area contributed by atoms with E-state index in [1.165, 1.54) is 11.3 Å². The fourth-order valence-electron chi connectivity index (χ4n) is 1.84. The van der Waals surface area contributed by atoms with Crippen molar-refractivity contribution in [2.75, 3.05) is 19.7 Å². The molecule has 0 atom stereocenters. The number of carbonyl (C=O) groups is 3. The standard InChI is InChI=1S/C17H19N3O4S/c1-2-8-18-14(21)9-19-15(22)10-24-17(23)13-11-25-16(20-13)12-6-4-3-5-7-12/h3-7,11H,2,8-10H2,1H3,(H,18,21)(H,19,22). The minimum atomic E-state index is -0.677. The van der Waals surface area contributed by atoms with Gasteiger partial charge >= 0.3 is 5.97 Å². The predicted molar refractivity (Wildman–Crippen MR) is 94.1 cm³/mol. The molecule has 25 heavy (non-hydrogen) atoms. The van der Waals surface area contributed by atoms with Gasteiger partial charge in [0, 0.05) is 17.5 Å². The van der Waals surface area contributed by atoms with Gasteiger partial charge in [-0.2, -0.15) is 0 Å². The first-order chi connectivity index (χ1) is 12.1. The zero-order valence-corrected chi connectivity index (χ0v) is 14.6. The molecule has 2 N–H and O–H groups in total. The lowest BCUT2D eigenvalue weighted by atomic mass is 10.2. The Morgan fingerprint density at radius 2 is 1.88 bits per heavy atom. The number of aromatic nitrogens is 1. The maximum atomic E-state index is 11.9. The molecule has 2 rings (SSSR count). The third-order valence-corrected chi connectivity index (χ3v) is 3.98. The van der Waals surface area contributed by atoms with Crippen molar-refractivity contribution in [2.45, 2.75) is 13.3 Å².